The molecule has 1 aliphatic heterocycles. The largest absolute Gasteiger partial charge is 0.497 e. The number of ether oxygens (including phenoxy) is 1. The van der Waals surface area contributed by atoms with Crippen LogP contribution in [0.3, 0.4) is 0 Å². The van der Waals surface area contributed by atoms with Gasteiger partial charge >= 0.3 is 0 Å². The van der Waals surface area contributed by atoms with Gasteiger partial charge in [-0.05, 0) is 36.1 Å². The Morgan fingerprint density at radius 3 is 3.08 bits per heavy atom. The van der Waals surface area contributed by atoms with Crippen molar-refractivity contribution in [3.63, 3.8) is 0 Å². The van der Waals surface area contributed by atoms with Crippen molar-refractivity contribution in [3.05, 3.63) is 23.8 Å². The van der Waals surface area contributed by atoms with Gasteiger partial charge in [-0.15, -0.1) is 0 Å². The van der Waals surface area contributed by atoms with Crippen LogP contribution in [0.1, 0.15) is 24.8 Å². The van der Waals surface area contributed by atoms with Gasteiger partial charge in [0.1, 0.15) is 5.75 Å². The van der Waals surface area contributed by atoms with Crippen LogP contribution in [-0.4, -0.2) is 13.7 Å². The van der Waals surface area contributed by atoms with Crippen LogP contribution in [0.5, 0.6) is 5.75 Å². The van der Waals surface area contributed by atoms with Gasteiger partial charge < -0.3 is 10.1 Å². The van der Waals surface area contributed by atoms with Crippen molar-refractivity contribution in [2.24, 2.45) is 0 Å². The normalized spacial score (nSPS) is 20.3. The Morgan fingerprint density at radius 2 is 2.31 bits per heavy atom. The van der Waals surface area contributed by atoms with E-state index < -0.39 is 0 Å². The van der Waals surface area contributed by atoms with E-state index in [4.69, 9.17) is 4.74 Å². The van der Waals surface area contributed by atoms with Crippen molar-refractivity contribution in [2.45, 2.75) is 19.3 Å². The second-order valence-electron chi connectivity index (χ2n) is 3.57. The summed E-state index contributed by atoms with van der Waals surface area (Å²) in [7, 11) is 1.71. The van der Waals surface area contributed by atoms with E-state index in [1.54, 1.807) is 7.11 Å². The van der Waals surface area contributed by atoms with Crippen molar-refractivity contribution < 1.29 is 4.74 Å². The lowest BCUT2D eigenvalue weighted by molar-refractivity contribution is 0.413. The van der Waals surface area contributed by atoms with Crippen LogP contribution in [0, 0.1) is 0 Å². The summed E-state index contributed by atoms with van der Waals surface area (Å²) in [5, 5.41) is 3.39. The minimum atomic E-state index is 0.645. The highest BCUT2D eigenvalue weighted by Crippen LogP contribution is 2.33. The number of benzene rings is 1. The topological polar surface area (TPSA) is 21.3 Å². The molecule has 1 aromatic carbocycles. The number of hydrogen-bond acceptors (Lipinski definition) is 2. The summed E-state index contributed by atoms with van der Waals surface area (Å²) in [6.07, 6.45) is 1.21. The molecular weight excluding hydrogens is 162 g/mol. The van der Waals surface area contributed by atoms with Crippen molar-refractivity contribution in [2.75, 3.05) is 19.0 Å². The number of hydrogen-bond donors (Lipinski definition) is 1. The molecule has 0 saturated heterocycles. The van der Waals surface area contributed by atoms with E-state index in [1.165, 1.54) is 17.7 Å². The molecular formula is C11H15NO. The molecule has 2 rings (SSSR count). The van der Waals surface area contributed by atoms with Gasteiger partial charge in [-0.25, -0.2) is 0 Å². The van der Waals surface area contributed by atoms with Gasteiger partial charge in [-0.2, -0.15) is 0 Å². The van der Waals surface area contributed by atoms with Gasteiger partial charge in [0.15, 0.2) is 0 Å². The Hall–Kier alpha value is -1.18. The van der Waals surface area contributed by atoms with Crippen LogP contribution in [0.15, 0.2) is 18.2 Å². The summed E-state index contributed by atoms with van der Waals surface area (Å²) in [5.74, 6) is 1.60. The third-order valence-electron chi connectivity index (χ3n) is 2.68. The van der Waals surface area contributed by atoms with Crippen LogP contribution >= 0.6 is 0 Å². The summed E-state index contributed by atoms with van der Waals surface area (Å²) in [4.78, 5) is 0. The highest BCUT2D eigenvalue weighted by molar-refractivity contribution is 5.57. The van der Waals surface area contributed by atoms with Gasteiger partial charge in [-0.1, -0.05) is 6.92 Å². The lowest BCUT2D eigenvalue weighted by Gasteiger charge is -2.24. The SMILES string of the molecule is COc1ccc2c(c1)[C@@H](C)CCN2. The highest BCUT2D eigenvalue weighted by atomic mass is 16.5. The molecule has 2 heteroatoms. The van der Waals surface area contributed by atoms with Gasteiger partial charge in [0, 0.05) is 12.2 Å². The molecule has 0 fully saturated rings. The molecule has 1 aromatic rings. The maximum absolute atomic E-state index is 5.20. The average Bonchev–Trinajstić information content (AvgIpc) is 2.18. The summed E-state index contributed by atoms with van der Waals surface area (Å²) < 4.78 is 5.20. The summed E-state index contributed by atoms with van der Waals surface area (Å²) >= 11 is 0. The minimum absolute atomic E-state index is 0.645. The van der Waals surface area contributed by atoms with Crippen molar-refractivity contribution in [1.29, 1.82) is 0 Å². The van der Waals surface area contributed by atoms with E-state index in [-0.39, 0.29) is 0 Å². The Kier molecular flexibility index (Phi) is 2.13. The van der Waals surface area contributed by atoms with Crippen LogP contribution in [0.4, 0.5) is 5.69 Å². The Balaban J connectivity index is 2.41. The Labute approximate surface area is 78.9 Å². The molecule has 0 bridgehead atoms. The van der Waals surface area contributed by atoms with Crippen molar-refractivity contribution in [3.8, 4) is 5.75 Å². The standard InChI is InChI=1S/C11H15NO/c1-8-5-6-12-11-4-3-9(13-2)7-10(8)11/h3-4,7-8,12H,5-6H2,1-2H3/t8-/m0/s1. The second kappa shape index (κ2) is 3.29. The number of fused-ring (bicyclic) bond motifs is 1. The summed E-state index contributed by atoms with van der Waals surface area (Å²) in [6.45, 7) is 3.35. The van der Waals surface area contributed by atoms with Crippen LogP contribution < -0.4 is 10.1 Å². The molecule has 1 aliphatic rings. The zero-order valence-corrected chi connectivity index (χ0v) is 8.13. The molecule has 0 spiro atoms. The molecule has 70 valence electrons. The summed E-state index contributed by atoms with van der Waals surface area (Å²) in [5.41, 5.74) is 2.64. The zero-order valence-electron chi connectivity index (χ0n) is 8.13. The fourth-order valence-electron chi connectivity index (χ4n) is 1.82. The zero-order chi connectivity index (χ0) is 9.26. The lowest BCUT2D eigenvalue weighted by atomic mass is 9.93. The average molecular weight is 177 g/mol. The van der Waals surface area contributed by atoms with E-state index in [2.05, 4.69) is 24.4 Å². The first kappa shape index (κ1) is 8.42. The third kappa shape index (κ3) is 1.48. The maximum atomic E-state index is 5.20. The van der Waals surface area contributed by atoms with Gasteiger partial charge in [-0.3, -0.25) is 0 Å². The fraction of sp³-hybridized carbons (Fsp3) is 0.455. The molecule has 0 unspecified atom stereocenters. The van der Waals surface area contributed by atoms with Crippen molar-refractivity contribution >= 4 is 5.69 Å². The molecule has 0 aromatic heterocycles. The van der Waals surface area contributed by atoms with Crippen molar-refractivity contribution in [1.82, 2.24) is 0 Å². The molecule has 0 saturated carbocycles. The van der Waals surface area contributed by atoms with E-state index in [1.807, 2.05) is 6.07 Å². The quantitative estimate of drug-likeness (QED) is 0.712. The number of rotatable bonds is 1. The van der Waals surface area contributed by atoms with Crippen LogP contribution in [-0.2, 0) is 0 Å². The minimum Gasteiger partial charge on any atom is -0.497 e. The van der Waals surface area contributed by atoms with Crippen LogP contribution in [0.2, 0.25) is 0 Å². The Morgan fingerprint density at radius 1 is 1.46 bits per heavy atom. The maximum Gasteiger partial charge on any atom is 0.119 e. The molecule has 1 heterocycles. The van der Waals surface area contributed by atoms with E-state index in [0.29, 0.717) is 5.92 Å². The van der Waals surface area contributed by atoms with Crippen LogP contribution in [0.25, 0.3) is 0 Å². The highest BCUT2D eigenvalue weighted by Gasteiger charge is 2.15. The predicted molar refractivity (Wildman–Crippen MR) is 54.5 cm³/mol. The third-order valence-corrected chi connectivity index (χ3v) is 2.68. The fourth-order valence-corrected chi connectivity index (χ4v) is 1.82. The molecule has 0 radical (unpaired) electrons. The summed E-state index contributed by atoms with van der Waals surface area (Å²) in [6, 6.07) is 6.24. The monoisotopic (exact) mass is 177 g/mol. The predicted octanol–water partition coefficient (Wildman–Crippen LogP) is 2.61. The first-order valence-corrected chi connectivity index (χ1v) is 4.73. The number of anilines is 1. The van der Waals surface area contributed by atoms with E-state index >= 15 is 0 Å². The molecule has 0 amide bonds. The number of methoxy groups -OCH3 is 1. The second-order valence-corrected chi connectivity index (χ2v) is 3.57. The molecule has 13 heavy (non-hydrogen) atoms. The smallest absolute Gasteiger partial charge is 0.119 e. The molecule has 1 N–H and O–H groups in total. The number of nitrogens with one attached hydrogen (secondary N) is 1. The lowest BCUT2D eigenvalue weighted by Crippen LogP contribution is -2.14. The first-order chi connectivity index (χ1) is 6.31. The van der Waals surface area contributed by atoms with Gasteiger partial charge in [0.05, 0.1) is 7.11 Å². The van der Waals surface area contributed by atoms with Gasteiger partial charge in [0.2, 0.25) is 0 Å². The Bertz CT molecular complexity index is 309. The van der Waals surface area contributed by atoms with E-state index in [0.717, 1.165) is 12.3 Å². The molecule has 1 atom stereocenters. The molecule has 2 nitrogen and oxygen atoms in total. The van der Waals surface area contributed by atoms with E-state index in [9.17, 15) is 0 Å². The first-order valence-electron chi connectivity index (χ1n) is 4.73. The van der Waals surface area contributed by atoms with Gasteiger partial charge in [0.25, 0.3) is 0 Å². The molecule has 0 aliphatic carbocycles.